The van der Waals surface area contributed by atoms with Crippen LogP contribution in [0.2, 0.25) is 0 Å². The van der Waals surface area contributed by atoms with Crippen LogP contribution in [0.4, 0.5) is 0 Å². The molecule has 0 aromatic heterocycles. The van der Waals surface area contributed by atoms with E-state index in [4.69, 9.17) is 14.2 Å². The molecule has 0 aromatic carbocycles. The first kappa shape index (κ1) is 51.5. The van der Waals surface area contributed by atoms with Crippen molar-refractivity contribution in [2.75, 3.05) is 41.0 Å². The van der Waals surface area contributed by atoms with Crippen LogP contribution in [0.15, 0.2) is 36.5 Å². The maximum Gasteiger partial charge on any atom is 0.306 e. The Morgan fingerprint density at radius 3 is 1.54 bits per heavy atom. The van der Waals surface area contributed by atoms with Crippen LogP contribution in [0.3, 0.4) is 0 Å². The van der Waals surface area contributed by atoms with Crippen molar-refractivity contribution in [1.29, 1.82) is 0 Å². The molecule has 0 aromatic rings. The van der Waals surface area contributed by atoms with Crippen LogP contribution < -0.4 is 5.11 Å². The van der Waals surface area contributed by atoms with Gasteiger partial charge in [0.05, 0.1) is 40.3 Å². The summed E-state index contributed by atoms with van der Waals surface area (Å²) in [6, 6.07) is -0.727. The quantitative estimate of drug-likeness (QED) is 0.0266. The van der Waals surface area contributed by atoms with Crippen LogP contribution in [-0.4, -0.2) is 75.5 Å². The van der Waals surface area contributed by atoms with Crippen molar-refractivity contribution in [3.63, 3.8) is 0 Å². The van der Waals surface area contributed by atoms with Gasteiger partial charge in [-0.3, -0.25) is 9.59 Å². The number of aliphatic carboxylic acids is 1. The summed E-state index contributed by atoms with van der Waals surface area (Å²) in [6.07, 6.45) is 41.6. The Balaban J connectivity index is 4.35. The van der Waals surface area contributed by atoms with Gasteiger partial charge in [0, 0.05) is 19.3 Å². The maximum absolute atomic E-state index is 12.7. The monoisotopic (exact) mass is 762 g/mol. The molecule has 8 heteroatoms. The molecule has 8 nitrogen and oxygen atoms in total. The Morgan fingerprint density at radius 1 is 0.574 bits per heavy atom. The van der Waals surface area contributed by atoms with E-state index < -0.39 is 18.1 Å². The smallest absolute Gasteiger partial charge is 0.306 e. The summed E-state index contributed by atoms with van der Waals surface area (Å²) in [5.74, 6) is -1.75. The van der Waals surface area contributed by atoms with Crippen LogP contribution >= 0.6 is 0 Å². The van der Waals surface area contributed by atoms with Crippen molar-refractivity contribution in [3.05, 3.63) is 36.5 Å². The molecule has 0 radical (unpaired) electrons. The summed E-state index contributed by atoms with van der Waals surface area (Å²) >= 11 is 0. The van der Waals surface area contributed by atoms with E-state index in [1.807, 2.05) is 0 Å². The van der Waals surface area contributed by atoms with Gasteiger partial charge < -0.3 is 28.6 Å². The molecule has 54 heavy (non-hydrogen) atoms. The zero-order valence-electron chi connectivity index (χ0n) is 35.6. The number of carbonyl (C=O) groups excluding carboxylic acids is 3. The Morgan fingerprint density at radius 2 is 1.04 bits per heavy atom. The minimum absolute atomic E-state index is 0.0358. The number of ether oxygens (including phenoxy) is 3. The van der Waals surface area contributed by atoms with E-state index in [1.165, 1.54) is 83.5 Å². The van der Waals surface area contributed by atoms with Crippen molar-refractivity contribution < 1.29 is 38.2 Å². The van der Waals surface area contributed by atoms with Gasteiger partial charge in [-0.1, -0.05) is 140 Å². The third-order valence-corrected chi connectivity index (χ3v) is 9.76. The fourth-order valence-corrected chi connectivity index (χ4v) is 6.34. The molecule has 2 unspecified atom stereocenters. The summed E-state index contributed by atoms with van der Waals surface area (Å²) < 4.78 is 17.1. The second-order valence-electron chi connectivity index (χ2n) is 15.9. The average molecular weight is 762 g/mol. The van der Waals surface area contributed by atoms with Gasteiger partial charge in [0.15, 0.2) is 6.10 Å². The number of carboxylic acids is 1. The SMILES string of the molecule is CC/C=C/C/C=C/CCCCCCCCCC(=O)OC(COCCC(C(=O)[O-])[N+](C)(C)C)COC(=O)CCCCCCC/C=C/CCCCCCCCC. The predicted molar refractivity (Wildman–Crippen MR) is 222 cm³/mol. The normalized spacial score (nSPS) is 13.3. The van der Waals surface area contributed by atoms with E-state index in [1.54, 1.807) is 21.1 Å². The van der Waals surface area contributed by atoms with Crippen molar-refractivity contribution in [2.45, 2.75) is 199 Å². The molecule has 0 bridgehead atoms. The van der Waals surface area contributed by atoms with Crippen LogP contribution in [0, 0.1) is 0 Å². The van der Waals surface area contributed by atoms with E-state index in [-0.39, 0.29) is 42.7 Å². The molecular weight excluding hydrogens is 679 g/mol. The second kappa shape index (κ2) is 37.5. The molecular formula is C46H83NO7. The van der Waals surface area contributed by atoms with Crippen LogP contribution in [0.1, 0.15) is 187 Å². The van der Waals surface area contributed by atoms with Gasteiger partial charge in [0.1, 0.15) is 12.6 Å². The van der Waals surface area contributed by atoms with Crippen LogP contribution in [-0.2, 0) is 28.6 Å². The Kier molecular flexibility index (Phi) is 35.8. The summed E-state index contributed by atoms with van der Waals surface area (Å²) in [4.78, 5) is 36.8. The Hall–Kier alpha value is -2.45. The van der Waals surface area contributed by atoms with Crippen LogP contribution in [0.5, 0.6) is 0 Å². The lowest BCUT2D eigenvalue weighted by Crippen LogP contribution is -2.55. The number of likely N-dealkylation sites (N-methyl/N-ethyl adjacent to an activating group) is 1. The molecule has 0 aliphatic carbocycles. The van der Waals surface area contributed by atoms with Crippen molar-refractivity contribution in [2.24, 2.45) is 0 Å². The third-order valence-electron chi connectivity index (χ3n) is 9.76. The summed E-state index contributed by atoms with van der Waals surface area (Å²) in [5.41, 5.74) is 0. The van der Waals surface area contributed by atoms with Crippen molar-refractivity contribution in [1.82, 2.24) is 0 Å². The first-order valence-corrected chi connectivity index (χ1v) is 22.0. The van der Waals surface area contributed by atoms with E-state index in [2.05, 4.69) is 50.3 Å². The molecule has 0 aliphatic rings. The number of carboxylic acid groups (broad SMARTS) is 1. The summed E-state index contributed by atoms with van der Waals surface area (Å²) in [6.45, 7) is 4.54. The molecule has 0 rings (SSSR count). The average Bonchev–Trinajstić information content (AvgIpc) is 3.12. The lowest BCUT2D eigenvalue weighted by molar-refractivity contribution is -0.889. The summed E-state index contributed by atoms with van der Waals surface area (Å²) in [7, 11) is 5.40. The maximum atomic E-state index is 12.7. The molecule has 0 saturated carbocycles. The predicted octanol–water partition coefficient (Wildman–Crippen LogP) is 10.5. The minimum atomic E-state index is -1.13. The highest BCUT2D eigenvalue weighted by molar-refractivity contribution is 5.70. The van der Waals surface area contributed by atoms with Gasteiger partial charge in [-0.15, -0.1) is 0 Å². The van der Waals surface area contributed by atoms with Crippen LogP contribution in [0.25, 0.3) is 0 Å². The molecule has 0 heterocycles. The lowest BCUT2D eigenvalue weighted by atomic mass is 10.1. The first-order chi connectivity index (χ1) is 26.1. The number of esters is 2. The number of hydrogen-bond donors (Lipinski definition) is 0. The van der Waals surface area contributed by atoms with E-state index in [0.717, 1.165) is 70.6 Å². The largest absolute Gasteiger partial charge is 0.544 e. The first-order valence-electron chi connectivity index (χ1n) is 22.0. The van der Waals surface area contributed by atoms with Gasteiger partial charge in [0.25, 0.3) is 0 Å². The highest BCUT2D eigenvalue weighted by Crippen LogP contribution is 2.14. The minimum Gasteiger partial charge on any atom is -0.544 e. The number of quaternary nitrogens is 1. The number of carbonyl (C=O) groups is 3. The molecule has 0 N–H and O–H groups in total. The second-order valence-corrected chi connectivity index (χ2v) is 15.9. The fourth-order valence-electron chi connectivity index (χ4n) is 6.34. The van der Waals surface area contributed by atoms with Gasteiger partial charge in [-0.2, -0.15) is 0 Å². The number of rotatable bonds is 39. The Labute approximate surface area is 332 Å². The van der Waals surface area contributed by atoms with E-state index >= 15 is 0 Å². The third kappa shape index (κ3) is 35.3. The van der Waals surface area contributed by atoms with Crippen molar-refractivity contribution >= 4 is 17.9 Å². The molecule has 0 fully saturated rings. The molecule has 0 aliphatic heterocycles. The highest BCUT2D eigenvalue weighted by Gasteiger charge is 2.25. The highest BCUT2D eigenvalue weighted by atomic mass is 16.6. The molecule has 0 spiro atoms. The van der Waals surface area contributed by atoms with Crippen molar-refractivity contribution in [3.8, 4) is 0 Å². The molecule has 314 valence electrons. The van der Waals surface area contributed by atoms with E-state index in [0.29, 0.717) is 12.8 Å². The standard InChI is InChI=1S/C46H83NO7/c1-6-8-10-12-14-16-18-20-22-23-25-26-28-30-32-34-36-44(48)53-41-42(40-52-39-38-43(46(50)51)47(3,4)5)54-45(49)37-35-33-31-29-27-24-21-19-17-15-13-11-9-7-2/h9,11,15,17,22-23,42-43H,6-8,10,12-14,16,18-21,24-41H2,1-5H3/b11-9+,17-15+,23-22+. The van der Waals surface area contributed by atoms with Gasteiger partial charge in [-0.25, -0.2) is 0 Å². The van der Waals surface area contributed by atoms with Gasteiger partial charge >= 0.3 is 11.9 Å². The number of hydrogen-bond acceptors (Lipinski definition) is 7. The van der Waals surface area contributed by atoms with Gasteiger partial charge in [-0.05, 0) is 64.2 Å². The lowest BCUT2D eigenvalue weighted by Gasteiger charge is -2.34. The summed E-state index contributed by atoms with van der Waals surface area (Å²) in [5, 5.41) is 11.6. The number of unbranched alkanes of at least 4 members (excludes halogenated alkanes) is 19. The molecule has 0 saturated heterocycles. The van der Waals surface area contributed by atoms with Gasteiger partial charge in [0.2, 0.25) is 0 Å². The zero-order valence-corrected chi connectivity index (χ0v) is 35.6. The zero-order chi connectivity index (χ0) is 40.0. The number of nitrogens with zero attached hydrogens (tertiary/aromatic N) is 1. The Bertz CT molecular complexity index is 984. The molecule has 0 amide bonds. The molecule has 2 atom stereocenters. The fraction of sp³-hybridized carbons (Fsp3) is 0.804. The topological polar surface area (TPSA) is 102 Å². The van der Waals surface area contributed by atoms with E-state index in [9.17, 15) is 19.5 Å². The number of allylic oxidation sites excluding steroid dienone is 6.